The summed E-state index contributed by atoms with van der Waals surface area (Å²) in [6.45, 7) is 5.68. The molecule has 6 heteroatoms. The first-order chi connectivity index (χ1) is 13.6. The minimum absolute atomic E-state index is 0.0633. The first-order valence-electron chi connectivity index (χ1n) is 9.72. The third-order valence-corrected chi connectivity index (χ3v) is 4.97. The van der Waals surface area contributed by atoms with E-state index in [4.69, 9.17) is 4.74 Å². The number of nitrogens with zero attached hydrogens (tertiary/aromatic N) is 2. The average molecular weight is 381 g/mol. The van der Waals surface area contributed by atoms with Crippen molar-refractivity contribution in [2.45, 2.75) is 25.8 Å². The summed E-state index contributed by atoms with van der Waals surface area (Å²) >= 11 is 0. The van der Waals surface area contributed by atoms with Gasteiger partial charge in [-0.3, -0.25) is 19.5 Å². The first-order valence-corrected chi connectivity index (χ1v) is 9.72. The predicted molar refractivity (Wildman–Crippen MR) is 107 cm³/mol. The molecule has 2 aromatic rings. The highest BCUT2D eigenvalue weighted by atomic mass is 16.5. The van der Waals surface area contributed by atoms with Crippen LogP contribution in [-0.4, -0.2) is 54.4 Å². The molecule has 1 saturated heterocycles. The number of morpholine rings is 1. The van der Waals surface area contributed by atoms with Crippen LogP contribution >= 0.6 is 0 Å². The summed E-state index contributed by atoms with van der Waals surface area (Å²) in [5.41, 5.74) is 2.93. The Morgan fingerprint density at radius 1 is 1.18 bits per heavy atom. The first kappa shape index (κ1) is 20.2. The molecule has 6 nitrogen and oxygen atoms in total. The molecule has 0 bridgehead atoms. The van der Waals surface area contributed by atoms with Gasteiger partial charge in [0.1, 0.15) is 0 Å². The number of nitrogens with one attached hydrogen (secondary N) is 1. The Morgan fingerprint density at radius 3 is 2.71 bits per heavy atom. The molecule has 3 rings (SSSR count). The van der Waals surface area contributed by atoms with Crippen molar-refractivity contribution >= 4 is 11.7 Å². The third kappa shape index (κ3) is 5.71. The number of amides is 1. The smallest absolute Gasteiger partial charge is 0.220 e. The van der Waals surface area contributed by atoms with E-state index in [1.165, 1.54) is 17.3 Å². The maximum Gasteiger partial charge on any atom is 0.220 e. The van der Waals surface area contributed by atoms with Crippen molar-refractivity contribution in [2.75, 3.05) is 32.8 Å². The van der Waals surface area contributed by atoms with Crippen molar-refractivity contribution < 1.29 is 14.3 Å². The number of aromatic nitrogens is 1. The van der Waals surface area contributed by atoms with Gasteiger partial charge in [-0.2, -0.15) is 0 Å². The van der Waals surface area contributed by atoms with Crippen molar-refractivity contribution in [3.8, 4) is 0 Å². The Labute approximate surface area is 165 Å². The van der Waals surface area contributed by atoms with E-state index in [2.05, 4.69) is 40.3 Å². The second kappa shape index (κ2) is 10.1. The quantitative estimate of drug-likeness (QED) is 0.712. The molecule has 0 aliphatic carbocycles. The van der Waals surface area contributed by atoms with E-state index in [0.29, 0.717) is 25.3 Å². The van der Waals surface area contributed by atoms with E-state index >= 15 is 0 Å². The Hall–Kier alpha value is -2.57. The zero-order valence-corrected chi connectivity index (χ0v) is 16.3. The van der Waals surface area contributed by atoms with Gasteiger partial charge in [0.05, 0.1) is 19.3 Å². The summed E-state index contributed by atoms with van der Waals surface area (Å²) in [4.78, 5) is 30.8. The number of carbonyl (C=O) groups excluding carboxylic acids is 2. The molecular formula is C22H27N3O3. The van der Waals surface area contributed by atoms with E-state index in [1.807, 2.05) is 6.07 Å². The fraction of sp³-hybridized carbons (Fsp3) is 0.409. The number of pyridine rings is 1. The maximum absolute atomic E-state index is 12.3. The molecule has 1 amide bonds. The van der Waals surface area contributed by atoms with Gasteiger partial charge >= 0.3 is 0 Å². The van der Waals surface area contributed by atoms with Gasteiger partial charge in [0.15, 0.2) is 5.78 Å². The van der Waals surface area contributed by atoms with Gasteiger partial charge < -0.3 is 10.1 Å². The molecule has 1 aromatic carbocycles. The molecule has 2 heterocycles. The minimum Gasteiger partial charge on any atom is -0.379 e. The summed E-state index contributed by atoms with van der Waals surface area (Å²) in [5, 5.41) is 3.02. The van der Waals surface area contributed by atoms with Crippen LogP contribution in [0.3, 0.4) is 0 Å². The van der Waals surface area contributed by atoms with Crippen molar-refractivity contribution in [3.63, 3.8) is 0 Å². The number of benzene rings is 1. The Bertz CT molecular complexity index is 789. The van der Waals surface area contributed by atoms with Crippen LogP contribution in [0.1, 0.15) is 40.4 Å². The topological polar surface area (TPSA) is 71.5 Å². The standard InChI is InChI=1S/C22H27N3O3/c1-17-4-2-5-18(14-17)20(25-10-12-28-13-11-25)16-24-22(27)8-7-21(26)19-6-3-9-23-15-19/h2-6,9,14-15,20H,7-8,10-13,16H2,1H3,(H,24,27). The van der Waals surface area contributed by atoms with Crippen molar-refractivity contribution in [3.05, 3.63) is 65.5 Å². The van der Waals surface area contributed by atoms with E-state index in [-0.39, 0.29) is 30.6 Å². The van der Waals surface area contributed by atoms with Crippen LogP contribution < -0.4 is 5.32 Å². The highest BCUT2D eigenvalue weighted by Gasteiger charge is 2.23. The van der Waals surface area contributed by atoms with Crippen LogP contribution in [0.25, 0.3) is 0 Å². The number of rotatable bonds is 8. The number of hydrogen-bond acceptors (Lipinski definition) is 5. The van der Waals surface area contributed by atoms with Crippen LogP contribution in [0, 0.1) is 6.92 Å². The number of ether oxygens (including phenoxy) is 1. The normalized spacial score (nSPS) is 15.8. The number of carbonyl (C=O) groups is 2. The fourth-order valence-corrected chi connectivity index (χ4v) is 3.42. The highest BCUT2D eigenvalue weighted by molar-refractivity contribution is 5.97. The minimum atomic E-state index is -0.108. The average Bonchev–Trinajstić information content (AvgIpc) is 2.73. The molecule has 28 heavy (non-hydrogen) atoms. The van der Waals surface area contributed by atoms with Gasteiger partial charge in [-0.05, 0) is 24.6 Å². The predicted octanol–water partition coefficient (Wildman–Crippen LogP) is 2.54. The molecular weight excluding hydrogens is 354 g/mol. The van der Waals surface area contributed by atoms with Crippen molar-refractivity contribution in [1.82, 2.24) is 15.2 Å². The van der Waals surface area contributed by atoms with Gasteiger partial charge in [-0.25, -0.2) is 0 Å². The molecule has 148 valence electrons. The van der Waals surface area contributed by atoms with Crippen LogP contribution in [0.4, 0.5) is 0 Å². The molecule has 1 aromatic heterocycles. The lowest BCUT2D eigenvalue weighted by molar-refractivity contribution is -0.121. The zero-order chi connectivity index (χ0) is 19.8. The van der Waals surface area contributed by atoms with E-state index in [0.717, 1.165) is 13.1 Å². The Kier molecular flexibility index (Phi) is 7.28. The van der Waals surface area contributed by atoms with Crippen LogP contribution in [0.15, 0.2) is 48.8 Å². The molecule has 0 radical (unpaired) electrons. The van der Waals surface area contributed by atoms with Gasteiger partial charge in [-0.1, -0.05) is 29.8 Å². The number of Topliss-reactive ketones (excluding diaryl/α,β-unsaturated/α-hetero) is 1. The maximum atomic E-state index is 12.3. The lowest BCUT2D eigenvalue weighted by atomic mass is 10.0. The lowest BCUT2D eigenvalue weighted by Crippen LogP contribution is -2.43. The molecule has 1 N–H and O–H groups in total. The van der Waals surface area contributed by atoms with Gasteiger partial charge in [-0.15, -0.1) is 0 Å². The van der Waals surface area contributed by atoms with Crippen molar-refractivity contribution in [1.29, 1.82) is 0 Å². The van der Waals surface area contributed by atoms with Crippen LogP contribution in [0.5, 0.6) is 0 Å². The second-order valence-electron chi connectivity index (χ2n) is 7.05. The van der Waals surface area contributed by atoms with Crippen LogP contribution in [-0.2, 0) is 9.53 Å². The van der Waals surface area contributed by atoms with E-state index in [9.17, 15) is 9.59 Å². The largest absolute Gasteiger partial charge is 0.379 e. The third-order valence-electron chi connectivity index (χ3n) is 4.97. The Morgan fingerprint density at radius 2 is 2.00 bits per heavy atom. The monoisotopic (exact) mass is 381 g/mol. The number of aryl methyl sites for hydroxylation is 1. The Balaban J connectivity index is 1.56. The van der Waals surface area contributed by atoms with Gasteiger partial charge in [0.25, 0.3) is 0 Å². The molecule has 1 aliphatic rings. The fourth-order valence-electron chi connectivity index (χ4n) is 3.42. The summed E-state index contributed by atoms with van der Waals surface area (Å²) in [6.07, 6.45) is 3.52. The van der Waals surface area contributed by atoms with E-state index in [1.54, 1.807) is 18.3 Å². The summed E-state index contributed by atoms with van der Waals surface area (Å²) in [5.74, 6) is -0.171. The summed E-state index contributed by atoms with van der Waals surface area (Å²) in [6, 6.07) is 11.9. The highest BCUT2D eigenvalue weighted by Crippen LogP contribution is 2.22. The molecule has 1 fully saturated rings. The molecule has 0 spiro atoms. The van der Waals surface area contributed by atoms with E-state index < -0.39 is 0 Å². The van der Waals surface area contributed by atoms with Crippen LogP contribution in [0.2, 0.25) is 0 Å². The second-order valence-corrected chi connectivity index (χ2v) is 7.05. The lowest BCUT2D eigenvalue weighted by Gasteiger charge is -2.35. The summed E-state index contributed by atoms with van der Waals surface area (Å²) < 4.78 is 5.47. The van der Waals surface area contributed by atoms with Crippen molar-refractivity contribution in [2.24, 2.45) is 0 Å². The SMILES string of the molecule is Cc1cccc(C(CNC(=O)CCC(=O)c2cccnc2)N2CCOCC2)c1. The molecule has 1 unspecified atom stereocenters. The molecule has 1 aliphatic heterocycles. The molecule has 0 saturated carbocycles. The zero-order valence-electron chi connectivity index (χ0n) is 16.3. The van der Waals surface area contributed by atoms with Gasteiger partial charge in [0, 0.05) is 50.4 Å². The molecule has 1 atom stereocenters. The van der Waals surface area contributed by atoms with Gasteiger partial charge in [0.2, 0.25) is 5.91 Å². The number of ketones is 1. The summed E-state index contributed by atoms with van der Waals surface area (Å²) in [7, 11) is 0. The number of hydrogen-bond donors (Lipinski definition) is 1.